The number of rotatable bonds is 7. The van der Waals surface area contributed by atoms with Gasteiger partial charge >= 0.3 is 0 Å². The Morgan fingerprint density at radius 1 is 0.933 bits per heavy atom. The number of amides is 3. The molecule has 1 aliphatic carbocycles. The Kier molecular flexibility index (Phi) is 7.60. The lowest BCUT2D eigenvalue weighted by Crippen LogP contribution is -2.36. The number of carbonyl (C=O) groups excluding carboxylic acids is 3. The molecular weight excluding hydrogens is 378 g/mol. The molecule has 0 aliphatic heterocycles. The van der Waals surface area contributed by atoms with Gasteiger partial charge in [-0.1, -0.05) is 49.1 Å². The number of aryl methyl sites for hydroxylation is 1. The van der Waals surface area contributed by atoms with E-state index >= 15 is 0 Å². The highest BCUT2D eigenvalue weighted by molar-refractivity contribution is 6.04. The molecule has 2 aromatic rings. The van der Waals surface area contributed by atoms with Crippen LogP contribution in [0.4, 0.5) is 5.69 Å². The van der Waals surface area contributed by atoms with E-state index in [1.807, 2.05) is 19.1 Å². The zero-order chi connectivity index (χ0) is 21.3. The maximum atomic E-state index is 12.7. The molecule has 0 aromatic heterocycles. The number of anilines is 1. The number of benzene rings is 2. The van der Waals surface area contributed by atoms with Crippen LogP contribution in [0.25, 0.3) is 0 Å². The molecule has 6 nitrogen and oxygen atoms in total. The highest BCUT2D eigenvalue weighted by atomic mass is 16.2. The average molecular weight is 408 g/mol. The van der Waals surface area contributed by atoms with Crippen molar-refractivity contribution in [3.8, 4) is 0 Å². The molecule has 0 heterocycles. The first-order chi connectivity index (χ1) is 14.5. The van der Waals surface area contributed by atoms with E-state index in [4.69, 9.17) is 0 Å². The van der Waals surface area contributed by atoms with E-state index in [1.165, 1.54) is 6.42 Å². The third-order valence-electron chi connectivity index (χ3n) is 5.30. The van der Waals surface area contributed by atoms with Crippen LogP contribution in [0.15, 0.2) is 48.5 Å². The van der Waals surface area contributed by atoms with Crippen LogP contribution in [-0.4, -0.2) is 30.3 Å². The Hall–Kier alpha value is -3.15. The number of para-hydroxylation sites is 1. The summed E-state index contributed by atoms with van der Waals surface area (Å²) in [6.07, 6.45) is 5.62. The van der Waals surface area contributed by atoms with Crippen LogP contribution >= 0.6 is 0 Å². The largest absolute Gasteiger partial charge is 0.352 e. The summed E-state index contributed by atoms with van der Waals surface area (Å²) in [5, 5.41) is 8.64. The van der Waals surface area contributed by atoms with Crippen molar-refractivity contribution in [3.05, 3.63) is 65.2 Å². The van der Waals surface area contributed by atoms with Gasteiger partial charge in [0.15, 0.2) is 0 Å². The molecule has 0 atom stereocenters. The normalized spacial score (nSPS) is 14.0. The first kappa shape index (κ1) is 21.6. The topological polar surface area (TPSA) is 87.3 Å². The van der Waals surface area contributed by atoms with Gasteiger partial charge in [-0.2, -0.15) is 0 Å². The van der Waals surface area contributed by atoms with Gasteiger partial charge < -0.3 is 16.0 Å². The minimum atomic E-state index is -0.252. The smallest absolute Gasteiger partial charge is 0.253 e. The second-order valence-electron chi connectivity index (χ2n) is 7.78. The second kappa shape index (κ2) is 10.6. The predicted molar refractivity (Wildman–Crippen MR) is 118 cm³/mol. The lowest BCUT2D eigenvalue weighted by atomic mass is 9.95. The predicted octanol–water partition coefficient (Wildman–Crippen LogP) is 3.82. The van der Waals surface area contributed by atoms with Gasteiger partial charge in [-0.25, -0.2) is 0 Å². The van der Waals surface area contributed by atoms with Gasteiger partial charge in [-0.15, -0.1) is 0 Å². The molecule has 0 radical (unpaired) electrons. The number of nitrogens with one attached hydrogen (secondary N) is 3. The Labute approximate surface area is 177 Å². The minimum absolute atomic E-state index is 0.121. The minimum Gasteiger partial charge on any atom is -0.352 e. The van der Waals surface area contributed by atoms with E-state index in [1.54, 1.807) is 36.4 Å². The van der Waals surface area contributed by atoms with E-state index in [2.05, 4.69) is 16.0 Å². The van der Waals surface area contributed by atoms with Crippen molar-refractivity contribution < 1.29 is 14.4 Å². The summed E-state index contributed by atoms with van der Waals surface area (Å²) in [4.78, 5) is 37.2. The van der Waals surface area contributed by atoms with Gasteiger partial charge in [0.2, 0.25) is 5.91 Å². The van der Waals surface area contributed by atoms with Gasteiger partial charge in [0.25, 0.3) is 11.8 Å². The van der Waals surface area contributed by atoms with E-state index in [0.29, 0.717) is 16.8 Å². The zero-order valence-corrected chi connectivity index (χ0v) is 17.4. The van der Waals surface area contributed by atoms with Crippen molar-refractivity contribution >= 4 is 23.4 Å². The van der Waals surface area contributed by atoms with Crippen LogP contribution in [0.5, 0.6) is 0 Å². The molecule has 6 heteroatoms. The molecule has 158 valence electrons. The number of hydrogen-bond acceptors (Lipinski definition) is 3. The van der Waals surface area contributed by atoms with Crippen molar-refractivity contribution in [3.63, 3.8) is 0 Å². The molecule has 30 heavy (non-hydrogen) atoms. The van der Waals surface area contributed by atoms with Crippen molar-refractivity contribution in [2.75, 3.05) is 11.9 Å². The fourth-order valence-electron chi connectivity index (χ4n) is 3.69. The Bertz CT molecular complexity index is 904. The first-order valence-corrected chi connectivity index (χ1v) is 10.6. The van der Waals surface area contributed by atoms with Gasteiger partial charge in [-0.05, 0) is 44.0 Å². The fraction of sp³-hybridized carbons (Fsp3) is 0.375. The SMILES string of the molecule is Cc1cccc(C(=O)NCCC(=O)Nc2ccccc2C(=O)NC2CCCCC2)c1. The van der Waals surface area contributed by atoms with Crippen LogP contribution in [0, 0.1) is 6.92 Å². The number of hydrogen-bond donors (Lipinski definition) is 3. The second-order valence-corrected chi connectivity index (χ2v) is 7.78. The first-order valence-electron chi connectivity index (χ1n) is 10.6. The molecule has 3 rings (SSSR count). The lowest BCUT2D eigenvalue weighted by molar-refractivity contribution is -0.116. The van der Waals surface area contributed by atoms with Crippen molar-refractivity contribution in [2.24, 2.45) is 0 Å². The third-order valence-corrected chi connectivity index (χ3v) is 5.30. The van der Waals surface area contributed by atoms with Crippen molar-refractivity contribution in [1.29, 1.82) is 0 Å². The number of carbonyl (C=O) groups is 3. The van der Waals surface area contributed by atoms with Gasteiger partial charge in [0.05, 0.1) is 11.3 Å². The van der Waals surface area contributed by atoms with Crippen LogP contribution in [0.3, 0.4) is 0 Å². The molecular formula is C24H29N3O3. The maximum Gasteiger partial charge on any atom is 0.253 e. The molecule has 3 N–H and O–H groups in total. The summed E-state index contributed by atoms with van der Waals surface area (Å²) >= 11 is 0. The average Bonchev–Trinajstić information content (AvgIpc) is 2.74. The molecule has 0 saturated heterocycles. The molecule has 1 saturated carbocycles. The maximum absolute atomic E-state index is 12.7. The summed E-state index contributed by atoms with van der Waals surface area (Å²) in [6.45, 7) is 2.14. The summed E-state index contributed by atoms with van der Waals surface area (Å²) in [5.41, 5.74) is 2.52. The quantitative estimate of drug-likeness (QED) is 0.652. The lowest BCUT2D eigenvalue weighted by Gasteiger charge is -2.23. The van der Waals surface area contributed by atoms with Gasteiger partial charge in [0, 0.05) is 24.6 Å². The third kappa shape index (κ3) is 6.17. The highest BCUT2D eigenvalue weighted by Gasteiger charge is 2.19. The Balaban J connectivity index is 1.51. The molecule has 1 aliphatic rings. The van der Waals surface area contributed by atoms with Gasteiger partial charge in [-0.3, -0.25) is 14.4 Å². The molecule has 3 amide bonds. The van der Waals surface area contributed by atoms with Crippen LogP contribution in [0.2, 0.25) is 0 Å². The fourth-order valence-corrected chi connectivity index (χ4v) is 3.69. The van der Waals surface area contributed by atoms with E-state index in [9.17, 15) is 14.4 Å². The zero-order valence-electron chi connectivity index (χ0n) is 17.4. The monoisotopic (exact) mass is 407 g/mol. The summed E-state index contributed by atoms with van der Waals surface area (Å²) in [6, 6.07) is 14.5. The van der Waals surface area contributed by atoms with Crippen LogP contribution < -0.4 is 16.0 Å². The highest BCUT2D eigenvalue weighted by Crippen LogP contribution is 2.20. The summed E-state index contributed by atoms with van der Waals surface area (Å²) in [5.74, 6) is -0.623. The Morgan fingerprint density at radius 2 is 1.70 bits per heavy atom. The van der Waals surface area contributed by atoms with Crippen molar-refractivity contribution in [1.82, 2.24) is 10.6 Å². The van der Waals surface area contributed by atoms with Gasteiger partial charge in [0.1, 0.15) is 0 Å². The molecule has 2 aromatic carbocycles. The molecule has 0 spiro atoms. The summed E-state index contributed by atoms with van der Waals surface area (Å²) in [7, 11) is 0. The van der Waals surface area contributed by atoms with Crippen molar-refractivity contribution in [2.45, 2.75) is 51.5 Å². The van der Waals surface area contributed by atoms with E-state index < -0.39 is 0 Å². The van der Waals surface area contributed by atoms with Crippen LogP contribution in [0.1, 0.15) is 64.8 Å². The van der Waals surface area contributed by atoms with E-state index in [-0.39, 0.29) is 36.7 Å². The Morgan fingerprint density at radius 3 is 2.47 bits per heavy atom. The molecule has 1 fully saturated rings. The van der Waals surface area contributed by atoms with Crippen LogP contribution in [-0.2, 0) is 4.79 Å². The molecule has 0 bridgehead atoms. The summed E-state index contributed by atoms with van der Waals surface area (Å²) < 4.78 is 0. The molecule has 0 unspecified atom stereocenters. The van der Waals surface area contributed by atoms with E-state index in [0.717, 1.165) is 31.2 Å². The standard InChI is InChI=1S/C24H29N3O3/c1-17-8-7-9-18(16-17)23(29)25-15-14-22(28)27-21-13-6-5-12-20(21)24(30)26-19-10-3-2-4-11-19/h5-9,12-13,16,19H,2-4,10-11,14-15H2,1H3,(H,25,29)(H,26,30)(H,27,28).